The lowest BCUT2D eigenvalue weighted by atomic mass is 10.3. The van der Waals surface area contributed by atoms with Crippen molar-refractivity contribution in [2.75, 3.05) is 13.1 Å². The molecule has 0 saturated heterocycles. The van der Waals surface area contributed by atoms with Gasteiger partial charge in [0, 0.05) is 13.1 Å². The van der Waals surface area contributed by atoms with Crippen molar-refractivity contribution in [2.24, 2.45) is 0 Å². The molecular weight excluding hydrogens is 280 g/mol. The summed E-state index contributed by atoms with van der Waals surface area (Å²) in [5, 5.41) is 2.89. The number of carbonyl (C=O) groups excluding carboxylic acids is 1. The lowest BCUT2D eigenvalue weighted by Gasteiger charge is -2.19. The van der Waals surface area contributed by atoms with E-state index in [4.69, 9.17) is 0 Å². The molecule has 0 radical (unpaired) electrons. The maximum atomic E-state index is 12.2. The van der Waals surface area contributed by atoms with Gasteiger partial charge in [0.25, 0.3) is 5.16 Å². The molecule has 1 aromatic rings. The molecule has 0 aliphatic rings. The lowest BCUT2D eigenvalue weighted by molar-refractivity contribution is 0.197. The SMILES string of the molecule is CCCCN(CC)C(=O)n1cnc(S(=O)(=O)C(C)C)n1. The number of hydrogen-bond acceptors (Lipinski definition) is 5. The molecule has 0 bridgehead atoms. The van der Waals surface area contributed by atoms with Crippen LogP contribution in [0.15, 0.2) is 11.5 Å². The Kier molecular flexibility index (Phi) is 5.67. The van der Waals surface area contributed by atoms with Gasteiger partial charge in [-0.25, -0.2) is 18.2 Å². The maximum absolute atomic E-state index is 12.2. The molecule has 0 atom stereocenters. The molecule has 0 N–H and O–H groups in total. The lowest BCUT2D eigenvalue weighted by Crippen LogP contribution is -2.35. The van der Waals surface area contributed by atoms with Gasteiger partial charge in [0.1, 0.15) is 6.33 Å². The van der Waals surface area contributed by atoms with E-state index < -0.39 is 15.1 Å². The first-order chi connectivity index (χ1) is 9.34. The predicted octanol–water partition coefficient (Wildman–Crippen LogP) is 1.55. The Morgan fingerprint density at radius 2 is 2.05 bits per heavy atom. The highest BCUT2D eigenvalue weighted by Gasteiger charge is 2.25. The maximum Gasteiger partial charge on any atom is 0.346 e. The van der Waals surface area contributed by atoms with Crippen LogP contribution in [0.5, 0.6) is 0 Å². The minimum atomic E-state index is -3.55. The Morgan fingerprint density at radius 1 is 1.40 bits per heavy atom. The number of hydrogen-bond donors (Lipinski definition) is 0. The summed E-state index contributed by atoms with van der Waals surface area (Å²) in [5.41, 5.74) is 0. The summed E-state index contributed by atoms with van der Waals surface area (Å²) in [4.78, 5) is 17.5. The summed E-state index contributed by atoms with van der Waals surface area (Å²) < 4.78 is 24.8. The monoisotopic (exact) mass is 302 g/mol. The molecule has 7 nitrogen and oxygen atoms in total. The molecule has 1 amide bonds. The van der Waals surface area contributed by atoms with Gasteiger partial charge >= 0.3 is 6.03 Å². The first-order valence-corrected chi connectivity index (χ1v) is 8.34. The number of sulfone groups is 1. The molecule has 1 rings (SSSR count). The highest BCUT2D eigenvalue weighted by Crippen LogP contribution is 2.10. The summed E-state index contributed by atoms with van der Waals surface area (Å²) in [6, 6.07) is -0.348. The van der Waals surface area contributed by atoms with Crippen molar-refractivity contribution < 1.29 is 13.2 Å². The Morgan fingerprint density at radius 3 is 2.55 bits per heavy atom. The third-order valence-electron chi connectivity index (χ3n) is 2.98. The number of nitrogens with zero attached hydrogens (tertiary/aromatic N) is 4. The standard InChI is InChI=1S/C12H22N4O3S/c1-5-7-8-15(6-2)12(17)16-9-13-11(14-16)20(18,19)10(3)4/h9-10H,5-8H2,1-4H3. The number of carbonyl (C=O) groups is 1. The summed E-state index contributed by atoms with van der Waals surface area (Å²) in [7, 11) is -3.55. The number of unbranched alkanes of at least 4 members (excludes halogenated alkanes) is 1. The minimum Gasteiger partial charge on any atom is -0.323 e. The minimum absolute atomic E-state index is 0.299. The van der Waals surface area contributed by atoms with Crippen LogP contribution in [0.4, 0.5) is 4.79 Å². The molecule has 0 fully saturated rings. The molecule has 0 aromatic carbocycles. The molecule has 0 saturated carbocycles. The molecule has 0 unspecified atom stereocenters. The van der Waals surface area contributed by atoms with E-state index in [-0.39, 0.29) is 11.2 Å². The van der Waals surface area contributed by atoms with Crippen molar-refractivity contribution in [3.63, 3.8) is 0 Å². The largest absolute Gasteiger partial charge is 0.346 e. The number of amides is 1. The van der Waals surface area contributed by atoms with Gasteiger partial charge in [-0.1, -0.05) is 13.3 Å². The van der Waals surface area contributed by atoms with E-state index in [0.29, 0.717) is 13.1 Å². The first kappa shape index (κ1) is 16.6. The van der Waals surface area contributed by atoms with Crippen LogP contribution in [0.1, 0.15) is 40.5 Å². The molecule has 114 valence electrons. The van der Waals surface area contributed by atoms with Crippen molar-refractivity contribution in [3.8, 4) is 0 Å². The topological polar surface area (TPSA) is 85.2 Å². The second kappa shape index (κ2) is 6.83. The van der Waals surface area contributed by atoms with Crippen LogP contribution in [0, 0.1) is 0 Å². The normalized spacial score (nSPS) is 11.8. The van der Waals surface area contributed by atoms with Gasteiger partial charge in [-0.3, -0.25) is 0 Å². The van der Waals surface area contributed by atoms with Crippen LogP contribution in [-0.4, -0.2) is 52.5 Å². The third kappa shape index (κ3) is 3.56. The fourth-order valence-corrected chi connectivity index (χ4v) is 2.38. The molecule has 0 aliphatic carbocycles. The molecule has 0 spiro atoms. The van der Waals surface area contributed by atoms with Gasteiger partial charge in [-0.15, -0.1) is 5.10 Å². The molecule has 1 aromatic heterocycles. The van der Waals surface area contributed by atoms with Crippen molar-refractivity contribution in [2.45, 2.75) is 50.9 Å². The zero-order valence-corrected chi connectivity index (χ0v) is 13.2. The summed E-state index contributed by atoms with van der Waals surface area (Å²) >= 11 is 0. The van der Waals surface area contributed by atoms with E-state index >= 15 is 0 Å². The van der Waals surface area contributed by atoms with E-state index in [1.807, 2.05) is 13.8 Å². The third-order valence-corrected chi connectivity index (χ3v) is 4.91. The highest BCUT2D eigenvalue weighted by molar-refractivity contribution is 7.91. The van der Waals surface area contributed by atoms with Crippen LogP contribution in [0.2, 0.25) is 0 Å². The van der Waals surface area contributed by atoms with E-state index in [1.165, 1.54) is 0 Å². The van der Waals surface area contributed by atoms with Crippen LogP contribution in [-0.2, 0) is 9.84 Å². The average Bonchev–Trinajstić information content (AvgIpc) is 2.89. The average molecular weight is 302 g/mol. The fourth-order valence-electron chi connectivity index (χ4n) is 1.56. The molecular formula is C12H22N4O3S. The van der Waals surface area contributed by atoms with Crippen molar-refractivity contribution in [1.82, 2.24) is 19.7 Å². The second-order valence-electron chi connectivity index (χ2n) is 4.78. The summed E-state index contributed by atoms with van der Waals surface area (Å²) in [6.45, 7) is 8.19. The summed E-state index contributed by atoms with van der Waals surface area (Å²) in [5.74, 6) is 0. The first-order valence-electron chi connectivity index (χ1n) is 6.79. The van der Waals surface area contributed by atoms with Gasteiger partial charge in [0.2, 0.25) is 9.84 Å². The van der Waals surface area contributed by atoms with Crippen LogP contribution >= 0.6 is 0 Å². The fraction of sp³-hybridized carbons (Fsp3) is 0.750. The zero-order chi connectivity index (χ0) is 15.3. The van der Waals surface area contributed by atoms with E-state index in [9.17, 15) is 13.2 Å². The molecule has 20 heavy (non-hydrogen) atoms. The molecule has 8 heteroatoms. The van der Waals surface area contributed by atoms with Crippen molar-refractivity contribution in [1.29, 1.82) is 0 Å². The number of rotatable bonds is 6. The van der Waals surface area contributed by atoms with Gasteiger partial charge in [0.15, 0.2) is 0 Å². The van der Waals surface area contributed by atoms with Crippen LogP contribution in [0.25, 0.3) is 0 Å². The van der Waals surface area contributed by atoms with Gasteiger partial charge in [0.05, 0.1) is 5.25 Å². The van der Waals surface area contributed by atoms with Gasteiger partial charge in [-0.05, 0) is 27.2 Å². The molecule has 0 aliphatic heterocycles. The van der Waals surface area contributed by atoms with Crippen LogP contribution in [0.3, 0.4) is 0 Å². The Bertz CT molecular complexity index is 551. The highest BCUT2D eigenvalue weighted by atomic mass is 32.2. The van der Waals surface area contributed by atoms with Gasteiger partial charge < -0.3 is 4.90 Å². The smallest absolute Gasteiger partial charge is 0.323 e. The predicted molar refractivity (Wildman–Crippen MR) is 75.3 cm³/mol. The molecule has 1 heterocycles. The van der Waals surface area contributed by atoms with Crippen molar-refractivity contribution in [3.05, 3.63) is 6.33 Å². The van der Waals surface area contributed by atoms with Crippen molar-refractivity contribution >= 4 is 15.9 Å². The van der Waals surface area contributed by atoms with E-state index in [2.05, 4.69) is 10.1 Å². The summed E-state index contributed by atoms with van der Waals surface area (Å²) in [6.07, 6.45) is 3.03. The van der Waals surface area contributed by atoms with Crippen LogP contribution < -0.4 is 0 Å². The van der Waals surface area contributed by atoms with Gasteiger partial charge in [-0.2, -0.15) is 4.68 Å². The van der Waals surface area contributed by atoms with E-state index in [0.717, 1.165) is 23.9 Å². The van der Waals surface area contributed by atoms with E-state index in [1.54, 1.807) is 18.7 Å². The second-order valence-corrected chi connectivity index (χ2v) is 7.18. The quantitative estimate of drug-likeness (QED) is 0.796. The number of aromatic nitrogens is 3. The Hall–Kier alpha value is -1.44. The Balaban J connectivity index is 2.94. The zero-order valence-electron chi connectivity index (χ0n) is 12.4. The Labute approximate surface area is 119 Å².